The summed E-state index contributed by atoms with van der Waals surface area (Å²) in [7, 11) is 0. The lowest BCUT2D eigenvalue weighted by Gasteiger charge is -2.09. The largest absolute Gasteiger partial charge is 0.462 e. The number of aromatic nitrogens is 3. The third-order valence-corrected chi connectivity index (χ3v) is 7.63. The zero-order valence-electron chi connectivity index (χ0n) is 18.1. The number of amides is 1. The summed E-state index contributed by atoms with van der Waals surface area (Å²) in [5.74, 6) is 0.124. The highest BCUT2D eigenvalue weighted by Crippen LogP contribution is 2.39. The molecule has 3 aromatic rings. The van der Waals surface area contributed by atoms with E-state index in [0.717, 1.165) is 35.3 Å². The van der Waals surface area contributed by atoms with Crippen LogP contribution >= 0.6 is 34.7 Å². The number of allylic oxidation sites excluding steroid dienone is 1. The molecule has 1 aliphatic rings. The summed E-state index contributed by atoms with van der Waals surface area (Å²) < 4.78 is 7.10. The number of aryl methyl sites for hydroxylation is 1. The Morgan fingerprint density at radius 2 is 2.15 bits per heavy atom. The predicted octanol–water partition coefficient (Wildman–Crippen LogP) is 5.24. The van der Waals surface area contributed by atoms with Crippen molar-refractivity contribution in [3.8, 4) is 11.4 Å². The molecule has 172 valence electrons. The number of carbonyl (C=O) groups is 2. The van der Waals surface area contributed by atoms with Crippen molar-refractivity contribution in [3.63, 3.8) is 0 Å². The summed E-state index contributed by atoms with van der Waals surface area (Å²) in [6.45, 7) is 6.35. The minimum Gasteiger partial charge on any atom is -0.462 e. The van der Waals surface area contributed by atoms with Gasteiger partial charge in [-0.2, -0.15) is 0 Å². The molecule has 0 spiro atoms. The van der Waals surface area contributed by atoms with Crippen molar-refractivity contribution in [2.45, 2.75) is 37.9 Å². The monoisotopic (exact) mass is 502 g/mol. The number of rotatable bonds is 9. The van der Waals surface area contributed by atoms with Crippen LogP contribution in [0, 0.1) is 0 Å². The first-order valence-electron chi connectivity index (χ1n) is 10.6. The number of hydrogen-bond donors (Lipinski definition) is 1. The van der Waals surface area contributed by atoms with Crippen LogP contribution in [0.5, 0.6) is 0 Å². The number of hydrogen-bond acceptors (Lipinski definition) is 7. The van der Waals surface area contributed by atoms with E-state index < -0.39 is 0 Å². The van der Waals surface area contributed by atoms with Gasteiger partial charge in [-0.3, -0.25) is 9.36 Å². The predicted molar refractivity (Wildman–Crippen MR) is 132 cm³/mol. The van der Waals surface area contributed by atoms with Gasteiger partial charge in [0.2, 0.25) is 5.91 Å². The van der Waals surface area contributed by atoms with E-state index >= 15 is 0 Å². The zero-order chi connectivity index (χ0) is 23.4. The second-order valence-corrected chi connectivity index (χ2v) is 9.76. The van der Waals surface area contributed by atoms with Crippen LogP contribution in [0.3, 0.4) is 0 Å². The molecule has 0 atom stereocenters. The van der Waals surface area contributed by atoms with E-state index in [0.29, 0.717) is 39.7 Å². The van der Waals surface area contributed by atoms with Crippen molar-refractivity contribution in [3.05, 3.63) is 57.9 Å². The Balaban J connectivity index is 1.50. The van der Waals surface area contributed by atoms with Gasteiger partial charge >= 0.3 is 5.97 Å². The van der Waals surface area contributed by atoms with E-state index in [1.807, 2.05) is 22.8 Å². The van der Waals surface area contributed by atoms with E-state index in [-0.39, 0.29) is 17.6 Å². The van der Waals surface area contributed by atoms with Gasteiger partial charge in [-0.15, -0.1) is 28.1 Å². The molecular weight excluding hydrogens is 480 g/mol. The van der Waals surface area contributed by atoms with E-state index in [4.69, 9.17) is 16.3 Å². The number of fused-ring (bicyclic) bond motifs is 1. The number of ether oxygens (including phenoxy) is 1. The third kappa shape index (κ3) is 5.00. The number of benzene rings is 1. The fourth-order valence-electron chi connectivity index (χ4n) is 3.74. The molecule has 0 saturated carbocycles. The van der Waals surface area contributed by atoms with E-state index in [2.05, 4.69) is 22.1 Å². The molecule has 7 nitrogen and oxygen atoms in total. The van der Waals surface area contributed by atoms with Crippen molar-refractivity contribution in [2.75, 3.05) is 17.7 Å². The van der Waals surface area contributed by atoms with Crippen molar-refractivity contribution in [2.24, 2.45) is 0 Å². The van der Waals surface area contributed by atoms with Gasteiger partial charge in [0, 0.05) is 17.0 Å². The maximum atomic E-state index is 12.8. The van der Waals surface area contributed by atoms with Gasteiger partial charge in [-0.1, -0.05) is 41.6 Å². The molecule has 0 aliphatic heterocycles. The van der Waals surface area contributed by atoms with Crippen LogP contribution in [0.25, 0.3) is 11.4 Å². The van der Waals surface area contributed by atoms with E-state index in [9.17, 15) is 9.59 Å². The standard InChI is InChI=1S/C23H23ClN4O3S2/c1-3-12-28-20(14-8-5-6-10-16(14)24)26-27-23(28)32-13-18(29)25-21-19(22(30)31-4-2)15-9-7-11-17(15)33-21/h3,5-6,8,10H,1,4,7,9,11-13H2,2H3,(H,25,29). The van der Waals surface area contributed by atoms with Gasteiger partial charge in [0.15, 0.2) is 11.0 Å². The smallest absolute Gasteiger partial charge is 0.341 e. The van der Waals surface area contributed by atoms with Crippen LogP contribution in [0.15, 0.2) is 42.1 Å². The highest BCUT2D eigenvalue weighted by molar-refractivity contribution is 7.99. The number of thiophene rings is 1. The first-order valence-corrected chi connectivity index (χ1v) is 12.7. The summed E-state index contributed by atoms with van der Waals surface area (Å²) >= 11 is 9.07. The zero-order valence-corrected chi connectivity index (χ0v) is 20.5. The van der Waals surface area contributed by atoms with Crippen LogP contribution in [-0.4, -0.2) is 39.0 Å². The molecule has 0 radical (unpaired) electrons. The fourth-order valence-corrected chi connectivity index (χ4v) is 6.00. The van der Waals surface area contributed by atoms with Crippen LogP contribution < -0.4 is 5.32 Å². The molecule has 4 rings (SSSR count). The summed E-state index contributed by atoms with van der Waals surface area (Å²) in [5, 5.41) is 13.2. The van der Waals surface area contributed by atoms with Gasteiger partial charge < -0.3 is 10.1 Å². The second-order valence-electron chi connectivity index (χ2n) is 7.30. The molecule has 2 aromatic heterocycles. The third-order valence-electron chi connectivity index (χ3n) is 5.13. The Morgan fingerprint density at radius 3 is 2.91 bits per heavy atom. The highest BCUT2D eigenvalue weighted by atomic mass is 35.5. The minimum atomic E-state index is -0.380. The molecule has 0 saturated heterocycles. The quantitative estimate of drug-likeness (QED) is 0.244. The summed E-state index contributed by atoms with van der Waals surface area (Å²) in [5.41, 5.74) is 2.28. The molecule has 2 heterocycles. The SMILES string of the molecule is C=CCn1c(SCC(=O)Nc2sc3c(c2C(=O)OCC)CCC3)nnc1-c1ccccc1Cl. The van der Waals surface area contributed by atoms with E-state index in [1.54, 1.807) is 19.1 Å². The van der Waals surface area contributed by atoms with Gasteiger partial charge in [-0.05, 0) is 43.9 Å². The molecule has 1 N–H and O–H groups in total. The Bertz CT molecular complexity index is 1200. The molecule has 0 bridgehead atoms. The van der Waals surface area contributed by atoms with Crippen molar-refractivity contribution < 1.29 is 14.3 Å². The van der Waals surface area contributed by atoms with Crippen LogP contribution in [0.2, 0.25) is 5.02 Å². The first-order chi connectivity index (χ1) is 16.0. The molecule has 0 unspecified atom stereocenters. The Kier molecular flexibility index (Phi) is 7.52. The van der Waals surface area contributed by atoms with Gasteiger partial charge in [0.1, 0.15) is 5.00 Å². The maximum absolute atomic E-state index is 12.8. The maximum Gasteiger partial charge on any atom is 0.341 e. The molecule has 10 heteroatoms. The van der Waals surface area contributed by atoms with E-state index in [1.165, 1.54) is 23.1 Å². The average Bonchev–Trinajstić information content (AvgIpc) is 3.48. The molecule has 1 aliphatic carbocycles. The highest BCUT2D eigenvalue weighted by Gasteiger charge is 2.28. The number of nitrogens with zero attached hydrogens (tertiary/aromatic N) is 3. The minimum absolute atomic E-state index is 0.114. The van der Waals surface area contributed by atoms with Crippen LogP contribution in [-0.2, 0) is 28.9 Å². The average molecular weight is 503 g/mol. The second kappa shape index (κ2) is 10.5. The molecule has 0 fully saturated rings. The van der Waals surface area contributed by atoms with Crippen molar-refractivity contribution in [1.29, 1.82) is 0 Å². The number of esters is 1. The Labute approximate surface area is 205 Å². The van der Waals surface area contributed by atoms with Gasteiger partial charge in [0.25, 0.3) is 0 Å². The van der Waals surface area contributed by atoms with Crippen molar-refractivity contribution in [1.82, 2.24) is 14.8 Å². The molecule has 1 aromatic carbocycles. The lowest BCUT2D eigenvalue weighted by atomic mass is 10.1. The summed E-state index contributed by atoms with van der Waals surface area (Å²) in [6.07, 6.45) is 4.52. The topological polar surface area (TPSA) is 86.1 Å². The lowest BCUT2D eigenvalue weighted by molar-refractivity contribution is -0.113. The molecule has 33 heavy (non-hydrogen) atoms. The Morgan fingerprint density at radius 1 is 1.33 bits per heavy atom. The Hall–Kier alpha value is -2.62. The molecular formula is C23H23ClN4O3S2. The number of anilines is 1. The summed E-state index contributed by atoms with van der Waals surface area (Å²) in [6, 6.07) is 7.41. The lowest BCUT2D eigenvalue weighted by Crippen LogP contribution is -2.17. The number of thioether (sulfide) groups is 1. The van der Waals surface area contributed by atoms with Gasteiger partial charge in [-0.25, -0.2) is 4.79 Å². The molecule has 1 amide bonds. The first kappa shape index (κ1) is 23.5. The van der Waals surface area contributed by atoms with Crippen LogP contribution in [0.1, 0.15) is 34.1 Å². The number of halogens is 1. The summed E-state index contributed by atoms with van der Waals surface area (Å²) in [4.78, 5) is 26.4. The van der Waals surface area contributed by atoms with Crippen molar-refractivity contribution >= 4 is 51.6 Å². The van der Waals surface area contributed by atoms with Crippen LogP contribution in [0.4, 0.5) is 5.00 Å². The number of carbonyl (C=O) groups excluding carboxylic acids is 2. The number of nitrogens with one attached hydrogen (secondary N) is 1. The normalized spacial score (nSPS) is 12.4. The van der Waals surface area contributed by atoms with Gasteiger partial charge in [0.05, 0.1) is 22.9 Å². The fraction of sp³-hybridized carbons (Fsp3) is 0.304.